The maximum Gasteiger partial charge on any atom is 0.244 e. The van der Waals surface area contributed by atoms with Crippen molar-refractivity contribution in [3.63, 3.8) is 0 Å². The van der Waals surface area contributed by atoms with Crippen LogP contribution in [0.15, 0.2) is 29.7 Å². The molecule has 0 aliphatic rings. The van der Waals surface area contributed by atoms with Gasteiger partial charge in [-0.2, -0.15) is 4.98 Å². The summed E-state index contributed by atoms with van der Waals surface area (Å²) in [5.74, 6) is 0.908. The Balaban J connectivity index is 2.26. The Bertz CT molecular complexity index is 487. The summed E-state index contributed by atoms with van der Waals surface area (Å²) in [6.45, 7) is 3.61. The fourth-order valence-electron chi connectivity index (χ4n) is 1.34. The quantitative estimate of drug-likeness (QED) is 0.777. The highest BCUT2D eigenvalue weighted by molar-refractivity contribution is 5.47. The van der Waals surface area contributed by atoms with E-state index in [4.69, 9.17) is 10.3 Å². The molecule has 0 amide bonds. The van der Waals surface area contributed by atoms with Gasteiger partial charge in [-0.1, -0.05) is 11.2 Å². The lowest BCUT2D eigenvalue weighted by Gasteiger charge is -2.00. The van der Waals surface area contributed by atoms with Crippen molar-refractivity contribution in [2.24, 2.45) is 12.8 Å². The van der Waals surface area contributed by atoms with Crippen molar-refractivity contribution < 1.29 is 4.52 Å². The Morgan fingerprint density at radius 3 is 3.12 bits per heavy atom. The van der Waals surface area contributed by atoms with Gasteiger partial charge in [0, 0.05) is 7.05 Å². The van der Waals surface area contributed by atoms with Crippen LogP contribution in [0.25, 0.3) is 11.5 Å². The van der Waals surface area contributed by atoms with E-state index in [1.165, 1.54) is 0 Å². The molecule has 2 aromatic rings. The van der Waals surface area contributed by atoms with Crippen molar-refractivity contribution in [3.8, 4) is 11.5 Å². The maximum absolute atomic E-state index is 5.82. The number of nitrogens with zero attached hydrogens (tertiary/aromatic N) is 4. The van der Waals surface area contributed by atoms with Crippen LogP contribution in [0.3, 0.4) is 0 Å². The molecule has 6 heteroatoms. The van der Waals surface area contributed by atoms with E-state index in [1.54, 1.807) is 18.6 Å². The second-order valence-corrected chi connectivity index (χ2v) is 3.48. The fourth-order valence-corrected chi connectivity index (χ4v) is 1.34. The van der Waals surface area contributed by atoms with Gasteiger partial charge in [0.25, 0.3) is 0 Å². The molecular formula is C10H13N5O. The van der Waals surface area contributed by atoms with Gasteiger partial charge in [0.05, 0.1) is 18.6 Å². The van der Waals surface area contributed by atoms with Gasteiger partial charge >= 0.3 is 0 Å². The molecule has 0 fully saturated rings. The standard InChI is InChI=1S/C10H13N5O/c1-3-4-7(11)10-13-9(14-16-10)8-5-12-6-15(8)2/h3,5-7H,1,4,11H2,2H3. The molecule has 84 valence electrons. The Hall–Kier alpha value is -1.95. The van der Waals surface area contributed by atoms with Crippen LogP contribution in [-0.2, 0) is 7.05 Å². The van der Waals surface area contributed by atoms with Gasteiger partial charge in [0.1, 0.15) is 5.69 Å². The van der Waals surface area contributed by atoms with Crippen LogP contribution < -0.4 is 5.73 Å². The zero-order chi connectivity index (χ0) is 11.5. The van der Waals surface area contributed by atoms with E-state index in [1.807, 2.05) is 11.6 Å². The first-order chi connectivity index (χ1) is 7.72. The minimum absolute atomic E-state index is 0.299. The summed E-state index contributed by atoms with van der Waals surface area (Å²) in [6, 6.07) is -0.299. The van der Waals surface area contributed by atoms with Crippen LogP contribution >= 0.6 is 0 Å². The summed E-state index contributed by atoms with van der Waals surface area (Å²) in [6.07, 6.45) is 5.67. The van der Waals surface area contributed by atoms with Gasteiger partial charge in [0.2, 0.25) is 11.7 Å². The summed E-state index contributed by atoms with van der Waals surface area (Å²) in [4.78, 5) is 8.20. The maximum atomic E-state index is 5.82. The highest BCUT2D eigenvalue weighted by Gasteiger charge is 2.15. The summed E-state index contributed by atoms with van der Waals surface area (Å²) in [5, 5.41) is 3.86. The highest BCUT2D eigenvalue weighted by atomic mass is 16.5. The lowest BCUT2D eigenvalue weighted by atomic mass is 10.2. The molecule has 0 aliphatic heterocycles. The molecule has 0 aromatic carbocycles. The summed E-state index contributed by atoms with van der Waals surface area (Å²) in [7, 11) is 1.86. The minimum Gasteiger partial charge on any atom is -0.337 e. The first-order valence-corrected chi connectivity index (χ1v) is 4.89. The first-order valence-electron chi connectivity index (χ1n) is 4.89. The van der Waals surface area contributed by atoms with Gasteiger partial charge in [-0.15, -0.1) is 6.58 Å². The smallest absolute Gasteiger partial charge is 0.244 e. The van der Waals surface area contributed by atoms with Gasteiger partial charge in [-0.3, -0.25) is 0 Å². The predicted octanol–water partition coefficient (Wildman–Crippen LogP) is 1.05. The van der Waals surface area contributed by atoms with Gasteiger partial charge < -0.3 is 14.8 Å². The predicted molar refractivity (Wildman–Crippen MR) is 58.2 cm³/mol. The van der Waals surface area contributed by atoms with Crippen LogP contribution in [0.2, 0.25) is 0 Å². The molecule has 0 saturated heterocycles. The molecule has 0 radical (unpaired) electrons. The Morgan fingerprint density at radius 2 is 2.50 bits per heavy atom. The van der Waals surface area contributed by atoms with Gasteiger partial charge in [-0.05, 0) is 6.42 Å². The molecule has 1 atom stereocenters. The number of aromatic nitrogens is 4. The number of hydrogen-bond acceptors (Lipinski definition) is 5. The molecule has 2 aromatic heterocycles. The summed E-state index contributed by atoms with van der Waals surface area (Å²) < 4.78 is 6.90. The van der Waals surface area contributed by atoms with Crippen molar-refractivity contribution >= 4 is 0 Å². The average Bonchev–Trinajstić information content (AvgIpc) is 2.86. The van der Waals surface area contributed by atoms with Crippen molar-refractivity contribution in [1.82, 2.24) is 19.7 Å². The molecule has 0 saturated carbocycles. The monoisotopic (exact) mass is 219 g/mol. The van der Waals surface area contributed by atoms with Crippen LogP contribution in [0.1, 0.15) is 18.4 Å². The van der Waals surface area contributed by atoms with Crippen LogP contribution in [0.5, 0.6) is 0 Å². The zero-order valence-corrected chi connectivity index (χ0v) is 9.00. The van der Waals surface area contributed by atoms with E-state index in [0.29, 0.717) is 18.1 Å². The first kappa shape index (κ1) is 10.6. The Labute approximate surface area is 92.8 Å². The summed E-state index contributed by atoms with van der Waals surface area (Å²) >= 11 is 0. The van der Waals surface area contributed by atoms with Crippen molar-refractivity contribution in [2.45, 2.75) is 12.5 Å². The Kier molecular flexibility index (Phi) is 2.82. The Morgan fingerprint density at radius 1 is 1.69 bits per heavy atom. The molecule has 6 nitrogen and oxygen atoms in total. The van der Waals surface area contributed by atoms with E-state index in [-0.39, 0.29) is 6.04 Å². The SMILES string of the molecule is C=CCC(N)c1nc(-c2cncn2C)no1. The normalized spacial score (nSPS) is 12.6. The number of hydrogen-bond donors (Lipinski definition) is 1. The molecule has 16 heavy (non-hydrogen) atoms. The molecule has 1 unspecified atom stereocenters. The highest BCUT2D eigenvalue weighted by Crippen LogP contribution is 2.18. The second-order valence-electron chi connectivity index (χ2n) is 3.48. The third-order valence-corrected chi connectivity index (χ3v) is 2.23. The third-order valence-electron chi connectivity index (χ3n) is 2.23. The number of nitrogens with two attached hydrogens (primary N) is 1. The molecule has 2 heterocycles. The fraction of sp³-hybridized carbons (Fsp3) is 0.300. The summed E-state index contributed by atoms with van der Waals surface area (Å²) in [5.41, 5.74) is 6.61. The topological polar surface area (TPSA) is 82.8 Å². The van der Waals surface area contributed by atoms with E-state index in [0.717, 1.165) is 5.69 Å². The van der Waals surface area contributed by atoms with E-state index in [2.05, 4.69) is 21.7 Å². The number of aryl methyl sites for hydroxylation is 1. The van der Waals surface area contributed by atoms with Crippen LogP contribution in [-0.4, -0.2) is 19.7 Å². The van der Waals surface area contributed by atoms with Gasteiger partial charge in [0.15, 0.2) is 0 Å². The average molecular weight is 219 g/mol. The molecule has 0 bridgehead atoms. The van der Waals surface area contributed by atoms with Crippen molar-refractivity contribution in [3.05, 3.63) is 31.1 Å². The number of rotatable bonds is 4. The number of imidazole rings is 1. The second kappa shape index (κ2) is 4.28. The van der Waals surface area contributed by atoms with E-state index >= 15 is 0 Å². The largest absolute Gasteiger partial charge is 0.337 e. The van der Waals surface area contributed by atoms with Crippen molar-refractivity contribution in [1.29, 1.82) is 0 Å². The lowest BCUT2D eigenvalue weighted by Crippen LogP contribution is -2.09. The molecule has 2 rings (SSSR count). The van der Waals surface area contributed by atoms with Crippen molar-refractivity contribution in [2.75, 3.05) is 0 Å². The molecule has 0 aliphatic carbocycles. The zero-order valence-electron chi connectivity index (χ0n) is 9.00. The molecular weight excluding hydrogens is 206 g/mol. The lowest BCUT2D eigenvalue weighted by molar-refractivity contribution is 0.355. The van der Waals surface area contributed by atoms with Crippen LogP contribution in [0.4, 0.5) is 0 Å². The van der Waals surface area contributed by atoms with E-state index in [9.17, 15) is 0 Å². The van der Waals surface area contributed by atoms with Crippen LogP contribution in [0, 0.1) is 0 Å². The van der Waals surface area contributed by atoms with Gasteiger partial charge in [-0.25, -0.2) is 4.98 Å². The molecule has 0 spiro atoms. The molecule has 2 N–H and O–H groups in total. The van der Waals surface area contributed by atoms with E-state index < -0.39 is 0 Å². The minimum atomic E-state index is -0.299. The third kappa shape index (κ3) is 1.87.